The number of carbonyl (C=O) groups is 1. The molecule has 1 saturated heterocycles. The predicted octanol–water partition coefficient (Wildman–Crippen LogP) is 1.07. The fourth-order valence-corrected chi connectivity index (χ4v) is 4.33. The molecule has 0 spiro atoms. The van der Waals surface area contributed by atoms with E-state index in [9.17, 15) is 13.2 Å². The Morgan fingerprint density at radius 3 is 2.43 bits per heavy atom. The maximum Gasteiger partial charge on any atom is 0.227 e. The average molecular weight is 337 g/mol. The quantitative estimate of drug-likeness (QED) is 0.828. The molecule has 0 radical (unpaired) electrons. The number of amides is 1. The number of hydrogen-bond acceptors (Lipinski definition) is 4. The largest absolute Gasteiger partial charge is 0.369 e. The van der Waals surface area contributed by atoms with Gasteiger partial charge in [-0.2, -0.15) is 4.31 Å². The molecule has 1 aromatic rings. The van der Waals surface area contributed by atoms with E-state index in [1.807, 2.05) is 19.2 Å². The Kier molecular flexibility index (Phi) is 4.33. The van der Waals surface area contributed by atoms with Crippen molar-refractivity contribution >= 4 is 27.3 Å². The summed E-state index contributed by atoms with van der Waals surface area (Å²) in [5.74, 6) is 0.315. The van der Waals surface area contributed by atoms with Gasteiger partial charge < -0.3 is 9.80 Å². The van der Waals surface area contributed by atoms with Crippen LogP contribution in [-0.4, -0.2) is 57.6 Å². The van der Waals surface area contributed by atoms with Crippen molar-refractivity contribution in [2.45, 2.75) is 19.8 Å². The Hall–Kier alpha value is -1.60. The van der Waals surface area contributed by atoms with Crippen LogP contribution < -0.4 is 9.80 Å². The van der Waals surface area contributed by atoms with Crippen LogP contribution >= 0.6 is 0 Å². The van der Waals surface area contributed by atoms with Crippen molar-refractivity contribution in [3.63, 3.8) is 0 Å². The molecule has 23 heavy (non-hydrogen) atoms. The zero-order valence-electron chi connectivity index (χ0n) is 13.7. The fourth-order valence-electron chi connectivity index (χ4n) is 3.25. The number of nitrogens with zero attached hydrogens (tertiary/aromatic N) is 3. The summed E-state index contributed by atoms with van der Waals surface area (Å²) in [4.78, 5) is 15.7. The van der Waals surface area contributed by atoms with Crippen LogP contribution in [0.2, 0.25) is 0 Å². The average Bonchev–Trinajstić information content (AvgIpc) is 2.58. The van der Waals surface area contributed by atoms with E-state index in [2.05, 4.69) is 11.0 Å². The van der Waals surface area contributed by atoms with Gasteiger partial charge in [-0.05, 0) is 37.1 Å². The Bertz CT molecular complexity index is 709. The third-order valence-electron chi connectivity index (χ3n) is 4.77. The highest BCUT2D eigenvalue weighted by molar-refractivity contribution is 7.89. The van der Waals surface area contributed by atoms with Gasteiger partial charge in [-0.3, -0.25) is 4.79 Å². The lowest BCUT2D eigenvalue weighted by molar-refractivity contribution is -0.118. The summed E-state index contributed by atoms with van der Waals surface area (Å²) in [6, 6.07) is 6.16. The van der Waals surface area contributed by atoms with Crippen LogP contribution in [0.25, 0.3) is 0 Å². The summed E-state index contributed by atoms with van der Waals surface area (Å²) in [6.45, 7) is 4.15. The first-order valence-corrected chi connectivity index (χ1v) is 9.65. The molecule has 2 heterocycles. The second-order valence-corrected chi connectivity index (χ2v) is 8.31. The van der Waals surface area contributed by atoms with Crippen molar-refractivity contribution in [1.82, 2.24) is 4.31 Å². The molecule has 3 rings (SSSR count). The van der Waals surface area contributed by atoms with Crippen LogP contribution in [0.3, 0.4) is 0 Å². The van der Waals surface area contributed by atoms with Crippen molar-refractivity contribution in [2.24, 2.45) is 0 Å². The summed E-state index contributed by atoms with van der Waals surface area (Å²) in [5.41, 5.74) is 3.28. The predicted molar refractivity (Wildman–Crippen MR) is 91.4 cm³/mol. The molecule has 6 nitrogen and oxygen atoms in total. The molecule has 2 aliphatic heterocycles. The lowest BCUT2D eigenvalue weighted by Crippen LogP contribution is -2.49. The van der Waals surface area contributed by atoms with E-state index in [1.165, 1.54) is 5.56 Å². The van der Waals surface area contributed by atoms with Crippen LogP contribution in [0.4, 0.5) is 11.4 Å². The number of carbonyl (C=O) groups excluding carboxylic acids is 1. The highest BCUT2D eigenvalue weighted by Crippen LogP contribution is 2.31. The zero-order chi connectivity index (χ0) is 16.6. The number of aryl methyl sites for hydroxylation is 1. The standard InChI is InChI=1S/C16H23N3O3S/c1-3-23(21,22)19-10-8-18(9-11-19)14-5-6-15-13(12-14)4-7-16(20)17(15)2/h5-6,12H,3-4,7-11H2,1-2H3. The summed E-state index contributed by atoms with van der Waals surface area (Å²) in [5, 5.41) is 0. The maximum atomic E-state index is 11.9. The minimum atomic E-state index is -3.09. The molecule has 0 aromatic heterocycles. The third kappa shape index (κ3) is 3.07. The minimum absolute atomic E-state index is 0.156. The number of hydrogen-bond donors (Lipinski definition) is 0. The monoisotopic (exact) mass is 337 g/mol. The van der Waals surface area contributed by atoms with Crippen LogP contribution in [0.5, 0.6) is 0 Å². The molecule has 1 amide bonds. The Labute approximate surface area is 137 Å². The van der Waals surface area contributed by atoms with Gasteiger partial charge in [0.2, 0.25) is 15.9 Å². The van der Waals surface area contributed by atoms with Gasteiger partial charge in [-0.1, -0.05) is 0 Å². The summed E-state index contributed by atoms with van der Waals surface area (Å²) < 4.78 is 25.4. The maximum absolute atomic E-state index is 11.9. The lowest BCUT2D eigenvalue weighted by Gasteiger charge is -2.36. The van der Waals surface area contributed by atoms with Crippen LogP contribution in [0.15, 0.2) is 18.2 Å². The van der Waals surface area contributed by atoms with Gasteiger partial charge in [0.05, 0.1) is 5.75 Å². The van der Waals surface area contributed by atoms with Crippen molar-refractivity contribution in [1.29, 1.82) is 0 Å². The molecule has 1 fully saturated rings. The van der Waals surface area contributed by atoms with E-state index < -0.39 is 10.0 Å². The molecular weight excluding hydrogens is 314 g/mol. The minimum Gasteiger partial charge on any atom is -0.369 e. The molecule has 2 aliphatic rings. The number of anilines is 2. The molecule has 0 saturated carbocycles. The Balaban J connectivity index is 1.74. The van der Waals surface area contributed by atoms with Crippen molar-refractivity contribution in [3.05, 3.63) is 23.8 Å². The van der Waals surface area contributed by atoms with E-state index in [0.29, 0.717) is 32.6 Å². The van der Waals surface area contributed by atoms with Gasteiger partial charge in [0.25, 0.3) is 0 Å². The van der Waals surface area contributed by atoms with Gasteiger partial charge in [-0.15, -0.1) is 0 Å². The first-order valence-electron chi connectivity index (χ1n) is 8.04. The molecule has 0 bridgehead atoms. The first-order chi connectivity index (χ1) is 10.9. The SMILES string of the molecule is CCS(=O)(=O)N1CCN(c2ccc3c(c2)CCC(=O)N3C)CC1. The molecule has 0 aliphatic carbocycles. The summed E-state index contributed by atoms with van der Waals surface area (Å²) in [6.07, 6.45) is 1.33. The molecule has 0 atom stereocenters. The fraction of sp³-hybridized carbons (Fsp3) is 0.562. The lowest BCUT2D eigenvalue weighted by atomic mass is 10.0. The third-order valence-corrected chi connectivity index (χ3v) is 6.65. The van der Waals surface area contributed by atoms with Gasteiger partial charge in [-0.25, -0.2) is 8.42 Å². The number of rotatable bonds is 3. The topological polar surface area (TPSA) is 60.9 Å². The second kappa shape index (κ2) is 6.13. The molecule has 1 aromatic carbocycles. The summed E-state index contributed by atoms with van der Waals surface area (Å²) >= 11 is 0. The molecule has 7 heteroatoms. The van der Waals surface area contributed by atoms with Crippen LogP contribution in [-0.2, 0) is 21.2 Å². The Morgan fingerprint density at radius 1 is 1.09 bits per heavy atom. The number of benzene rings is 1. The number of fused-ring (bicyclic) bond motifs is 1. The zero-order valence-corrected chi connectivity index (χ0v) is 14.5. The first kappa shape index (κ1) is 16.3. The van der Waals surface area contributed by atoms with E-state index in [4.69, 9.17) is 0 Å². The summed E-state index contributed by atoms with van der Waals surface area (Å²) in [7, 11) is -1.28. The van der Waals surface area contributed by atoms with E-state index in [-0.39, 0.29) is 11.7 Å². The van der Waals surface area contributed by atoms with Crippen molar-refractivity contribution in [2.75, 3.05) is 48.8 Å². The van der Waals surface area contributed by atoms with Crippen molar-refractivity contribution in [3.8, 4) is 0 Å². The Morgan fingerprint density at radius 2 is 1.78 bits per heavy atom. The van der Waals surface area contributed by atoms with Gasteiger partial charge >= 0.3 is 0 Å². The van der Waals surface area contributed by atoms with Crippen molar-refractivity contribution < 1.29 is 13.2 Å². The smallest absolute Gasteiger partial charge is 0.227 e. The van der Waals surface area contributed by atoms with Gasteiger partial charge in [0.15, 0.2) is 0 Å². The molecule has 0 N–H and O–H groups in total. The van der Waals surface area contributed by atoms with Crippen LogP contribution in [0, 0.1) is 0 Å². The molecule has 126 valence electrons. The number of sulfonamides is 1. The molecular formula is C16H23N3O3S. The second-order valence-electron chi connectivity index (χ2n) is 6.05. The van der Waals surface area contributed by atoms with E-state index >= 15 is 0 Å². The van der Waals surface area contributed by atoms with E-state index in [1.54, 1.807) is 16.1 Å². The molecule has 0 unspecified atom stereocenters. The van der Waals surface area contributed by atoms with E-state index in [0.717, 1.165) is 17.8 Å². The van der Waals surface area contributed by atoms with Gasteiger partial charge in [0.1, 0.15) is 0 Å². The highest BCUT2D eigenvalue weighted by atomic mass is 32.2. The normalized spacial score (nSPS) is 19.8. The number of piperazine rings is 1. The highest BCUT2D eigenvalue weighted by Gasteiger charge is 2.27. The van der Waals surface area contributed by atoms with Gasteiger partial charge in [0, 0.05) is 51.0 Å². The van der Waals surface area contributed by atoms with Crippen LogP contribution in [0.1, 0.15) is 18.9 Å².